The van der Waals surface area contributed by atoms with Crippen LogP contribution in [-0.4, -0.2) is 78.3 Å². The molecule has 21 heavy (non-hydrogen) atoms. The van der Waals surface area contributed by atoms with E-state index in [1.165, 1.54) is 11.5 Å². The van der Waals surface area contributed by atoms with Crippen LogP contribution in [0.1, 0.15) is 5.69 Å². The predicted octanol–water partition coefficient (Wildman–Crippen LogP) is 0.0717. The first-order chi connectivity index (χ1) is 10.2. The number of ether oxygens (including phenoxy) is 1. The monoisotopic (exact) mass is 333 g/mol. The minimum absolute atomic E-state index is 0.0484. The summed E-state index contributed by atoms with van der Waals surface area (Å²) in [6, 6.07) is 0. The van der Waals surface area contributed by atoms with Gasteiger partial charge in [-0.1, -0.05) is 16.1 Å². The van der Waals surface area contributed by atoms with E-state index in [4.69, 9.17) is 16.3 Å². The molecule has 9 heteroatoms. The lowest BCUT2D eigenvalue weighted by Crippen LogP contribution is -2.49. The lowest BCUT2D eigenvalue weighted by atomic mass is 10.3. The molecule has 1 N–H and O–H groups in total. The quantitative estimate of drug-likeness (QED) is 0.712. The zero-order chi connectivity index (χ0) is 15.1. The van der Waals surface area contributed by atoms with Crippen LogP contribution in [0, 0.1) is 0 Å². The van der Waals surface area contributed by atoms with Crippen molar-refractivity contribution in [2.75, 3.05) is 53.0 Å². The summed E-state index contributed by atoms with van der Waals surface area (Å²) in [4.78, 5) is 16.1. The van der Waals surface area contributed by atoms with Gasteiger partial charge in [-0.3, -0.25) is 14.6 Å². The third-order valence-corrected chi connectivity index (χ3v) is 4.33. The second-order valence-electron chi connectivity index (χ2n) is 4.89. The summed E-state index contributed by atoms with van der Waals surface area (Å²) in [6.45, 7) is 5.81. The van der Waals surface area contributed by atoms with Gasteiger partial charge in [-0.15, -0.1) is 5.10 Å². The Balaban J connectivity index is 1.66. The van der Waals surface area contributed by atoms with Gasteiger partial charge < -0.3 is 10.1 Å². The maximum Gasteiger partial charge on any atom is 0.234 e. The Hall–Kier alpha value is -0.800. The molecule has 0 spiro atoms. The molecule has 118 valence electrons. The number of piperazine rings is 1. The van der Waals surface area contributed by atoms with Crippen molar-refractivity contribution in [3.8, 4) is 0 Å². The summed E-state index contributed by atoms with van der Waals surface area (Å²) in [6.07, 6.45) is 0. The summed E-state index contributed by atoms with van der Waals surface area (Å²) in [5.41, 5.74) is 0.840. The van der Waals surface area contributed by atoms with Gasteiger partial charge in [0, 0.05) is 57.9 Å². The number of amides is 1. The number of nitrogens with one attached hydrogen (secondary N) is 1. The topological polar surface area (TPSA) is 70.6 Å². The smallest absolute Gasteiger partial charge is 0.234 e. The Kier molecular flexibility index (Phi) is 6.78. The fourth-order valence-corrected chi connectivity index (χ4v) is 2.77. The fourth-order valence-electron chi connectivity index (χ4n) is 2.16. The summed E-state index contributed by atoms with van der Waals surface area (Å²) in [5, 5.41) is 6.86. The molecule has 1 fully saturated rings. The molecule has 0 atom stereocenters. The second-order valence-corrected chi connectivity index (χ2v) is 6.24. The highest BCUT2D eigenvalue weighted by Crippen LogP contribution is 2.19. The van der Waals surface area contributed by atoms with Crippen LogP contribution in [0.3, 0.4) is 0 Å². The van der Waals surface area contributed by atoms with Crippen LogP contribution < -0.4 is 5.32 Å². The zero-order valence-corrected chi connectivity index (χ0v) is 13.6. The van der Waals surface area contributed by atoms with Crippen molar-refractivity contribution in [1.29, 1.82) is 0 Å². The molecular weight excluding hydrogens is 314 g/mol. The standard InChI is InChI=1S/C12H20ClN5O2S/c1-20-7-2-14-11(19)9-18-5-3-17(4-6-18)8-10-12(13)21-16-15-10/h2-9H2,1H3,(H,14,19). The van der Waals surface area contributed by atoms with Gasteiger partial charge in [-0.2, -0.15) is 0 Å². The van der Waals surface area contributed by atoms with Crippen LogP contribution in [0.2, 0.25) is 4.34 Å². The SMILES string of the molecule is COCCNC(=O)CN1CCN(Cc2nnsc2Cl)CC1. The van der Waals surface area contributed by atoms with Crippen molar-refractivity contribution in [2.24, 2.45) is 0 Å². The molecule has 0 unspecified atom stereocenters. The molecule has 7 nitrogen and oxygen atoms in total. The van der Waals surface area contributed by atoms with Crippen molar-refractivity contribution < 1.29 is 9.53 Å². The van der Waals surface area contributed by atoms with Gasteiger partial charge in [0.2, 0.25) is 5.91 Å². The number of halogens is 1. The molecule has 0 aromatic carbocycles. The van der Waals surface area contributed by atoms with Crippen molar-refractivity contribution in [3.63, 3.8) is 0 Å². The van der Waals surface area contributed by atoms with Gasteiger partial charge in [-0.25, -0.2) is 0 Å². The highest BCUT2D eigenvalue weighted by Gasteiger charge is 2.20. The Morgan fingerprint density at radius 3 is 2.71 bits per heavy atom. The molecule has 1 aliphatic heterocycles. The zero-order valence-electron chi connectivity index (χ0n) is 12.0. The van der Waals surface area contributed by atoms with E-state index in [0.29, 0.717) is 24.0 Å². The number of hydrogen-bond acceptors (Lipinski definition) is 7. The minimum atomic E-state index is 0.0484. The Bertz CT molecular complexity index is 451. The molecule has 1 amide bonds. The third-order valence-electron chi connectivity index (χ3n) is 3.34. The van der Waals surface area contributed by atoms with Gasteiger partial charge in [0.1, 0.15) is 10.0 Å². The molecule has 1 aliphatic rings. The summed E-state index contributed by atoms with van der Waals surface area (Å²) in [7, 11) is 1.62. The molecular formula is C12H20ClN5O2S. The number of carbonyl (C=O) groups is 1. The molecule has 1 aromatic rings. The maximum absolute atomic E-state index is 11.7. The average Bonchev–Trinajstić information content (AvgIpc) is 2.87. The number of carbonyl (C=O) groups excluding carboxylic acids is 1. The molecule has 1 saturated heterocycles. The van der Waals surface area contributed by atoms with Crippen LogP contribution >= 0.6 is 23.1 Å². The summed E-state index contributed by atoms with van der Waals surface area (Å²) in [5.74, 6) is 0.0484. The summed E-state index contributed by atoms with van der Waals surface area (Å²) < 4.78 is 9.40. The van der Waals surface area contributed by atoms with E-state index in [-0.39, 0.29) is 5.91 Å². The summed E-state index contributed by atoms with van der Waals surface area (Å²) >= 11 is 7.23. The molecule has 0 bridgehead atoms. The number of rotatable bonds is 7. The van der Waals surface area contributed by atoms with Crippen LogP contribution in [0.4, 0.5) is 0 Å². The number of aromatic nitrogens is 2. The van der Waals surface area contributed by atoms with Gasteiger partial charge in [0.05, 0.1) is 13.2 Å². The number of nitrogens with zero attached hydrogens (tertiary/aromatic N) is 4. The highest BCUT2D eigenvalue weighted by atomic mass is 35.5. The lowest BCUT2D eigenvalue weighted by molar-refractivity contribution is -0.122. The van der Waals surface area contributed by atoms with Crippen LogP contribution in [0.15, 0.2) is 0 Å². The minimum Gasteiger partial charge on any atom is -0.383 e. The molecule has 1 aromatic heterocycles. The van der Waals surface area contributed by atoms with Crippen molar-refractivity contribution in [2.45, 2.75) is 6.54 Å². The molecule has 2 rings (SSSR count). The van der Waals surface area contributed by atoms with Gasteiger partial charge in [0.15, 0.2) is 0 Å². The first-order valence-electron chi connectivity index (χ1n) is 6.86. The largest absolute Gasteiger partial charge is 0.383 e. The Morgan fingerprint density at radius 2 is 2.10 bits per heavy atom. The highest BCUT2D eigenvalue weighted by molar-refractivity contribution is 7.10. The fraction of sp³-hybridized carbons (Fsp3) is 0.750. The van der Waals surface area contributed by atoms with Crippen LogP contribution in [0.25, 0.3) is 0 Å². The first kappa shape index (κ1) is 16.6. The maximum atomic E-state index is 11.7. The molecule has 0 aliphatic carbocycles. The lowest BCUT2D eigenvalue weighted by Gasteiger charge is -2.33. The molecule has 0 saturated carbocycles. The van der Waals surface area contributed by atoms with Crippen LogP contribution in [0.5, 0.6) is 0 Å². The van der Waals surface area contributed by atoms with Crippen LogP contribution in [-0.2, 0) is 16.1 Å². The Labute approximate surface area is 133 Å². The van der Waals surface area contributed by atoms with Crippen molar-refractivity contribution in [3.05, 3.63) is 10.0 Å². The van der Waals surface area contributed by atoms with E-state index in [9.17, 15) is 4.79 Å². The van der Waals surface area contributed by atoms with Crippen molar-refractivity contribution >= 4 is 29.0 Å². The van der Waals surface area contributed by atoms with E-state index >= 15 is 0 Å². The predicted molar refractivity (Wildman–Crippen MR) is 81.5 cm³/mol. The van der Waals surface area contributed by atoms with Gasteiger partial charge in [-0.05, 0) is 0 Å². The van der Waals surface area contributed by atoms with Gasteiger partial charge in [0.25, 0.3) is 0 Å². The van der Waals surface area contributed by atoms with Crippen molar-refractivity contribution in [1.82, 2.24) is 24.7 Å². The third kappa shape index (κ3) is 5.48. The van der Waals surface area contributed by atoms with E-state index < -0.39 is 0 Å². The first-order valence-corrected chi connectivity index (χ1v) is 8.01. The van der Waals surface area contributed by atoms with E-state index in [1.54, 1.807) is 7.11 Å². The van der Waals surface area contributed by atoms with E-state index in [1.807, 2.05) is 0 Å². The van der Waals surface area contributed by atoms with E-state index in [2.05, 4.69) is 24.7 Å². The Morgan fingerprint density at radius 1 is 1.38 bits per heavy atom. The van der Waals surface area contributed by atoms with E-state index in [0.717, 1.165) is 38.4 Å². The molecule has 0 radical (unpaired) electrons. The normalized spacial score (nSPS) is 17.0. The van der Waals surface area contributed by atoms with Gasteiger partial charge >= 0.3 is 0 Å². The average molecular weight is 334 g/mol. The second kappa shape index (κ2) is 8.60. The number of hydrogen-bond donors (Lipinski definition) is 1. The number of methoxy groups -OCH3 is 1. The molecule has 2 heterocycles.